The minimum Gasteiger partial charge on any atom is -0.503 e. The van der Waals surface area contributed by atoms with Crippen molar-refractivity contribution < 1.29 is 19.4 Å². The van der Waals surface area contributed by atoms with Crippen LogP contribution in [-0.4, -0.2) is 33.9 Å². The molecule has 0 fully saturated rings. The van der Waals surface area contributed by atoms with E-state index in [1.165, 1.54) is 27.6 Å². The van der Waals surface area contributed by atoms with Crippen LogP contribution in [-0.2, 0) is 4.79 Å². The van der Waals surface area contributed by atoms with Crippen molar-refractivity contribution >= 4 is 39.5 Å². The molecule has 7 nitrogen and oxygen atoms in total. The minimum atomic E-state index is -0.821. The fourth-order valence-electron chi connectivity index (χ4n) is 3.36. The Morgan fingerprint density at radius 1 is 1.31 bits per heavy atom. The summed E-state index contributed by atoms with van der Waals surface area (Å²) in [6.07, 6.45) is 1.57. The first-order valence-corrected chi connectivity index (χ1v) is 10.4. The third-order valence-corrected chi connectivity index (χ3v) is 6.44. The zero-order valence-corrected chi connectivity index (χ0v) is 17.5. The molecule has 3 heterocycles. The third kappa shape index (κ3) is 3.22. The summed E-state index contributed by atoms with van der Waals surface area (Å²) in [7, 11) is 1.54. The Bertz CT molecular complexity index is 1130. The van der Waals surface area contributed by atoms with Gasteiger partial charge in [-0.05, 0) is 31.5 Å². The highest BCUT2D eigenvalue weighted by atomic mass is 32.1. The van der Waals surface area contributed by atoms with Crippen molar-refractivity contribution in [1.29, 1.82) is 0 Å². The van der Waals surface area contributed by atoms with Crippen LogP contribution in [0.4, 0.5) is 5.13 Å². The fraction of sp³-hybridized carbons (Fsp3) is 0.200. The number of nitrogens with zero attached hydrogens (tertiary/aromatic N) is 3. The summed E-state index contributed by atoms with van der Waals surface area (Å²) in [4.78, 5) is 36.7. The Morgan fingerprint density at radius 3 is 2.72 bits per heavy atom. The molecule has 1 aliphatic rings. The van der Waals surface area contributed by atoms with Gasteiger partial charge in [0.2, 0.25) is 5.78 Å². The number of aliphatic hydroxyl groups is 1. The van der Waals surface area contributed by atoms with E-state index in [0.717, 1.165) is 5.01 Å². The van der Waals surface area contributed by atoms with Crippen molar-refractivity contribution in [3.8, 4) is 5.75 Å². The van der Waals surface area contributed by atoms with Crippen molar-refractivity contribution in [3.05, 3.63) is 68.3 Å². The van der Waals surface area contributed by atoms with Crippen LogP contribution in [0, 0.1) is 13.8 Å². The van der Waals surface area contributed by atoms with E-state index in [9.17, 15) is 14.7 Å². The highest BCUT2D eigenvalue weighted by Crippen LogP contribution is 2.43. The van der Waals surface area contributed by atoms with E-state index in [4.69, 9.17) is 4.74 Å². The van der Waals surface area contributed by atoms with Crippen molar-refractivity contribution in [2.45, 2.75) is 19.9 Å². The normalized spacial score (nSPS) is 16.6. The zero-order chi connectivity index (χ0) is 20.7. The summed E-state index contributed by atoms with van der Waals surface area (Å²) in [5, 5.41) is 13.6. The Kier molecular flexibility index (Phi) is 4.93. The van der Waals surface area contributed by atoms with Crippen LogP contribution in [0.15, 0.2) is 47.2 Å². The molecule has 0 saturated heterocycles. The van der Waals surface area contributed by atoms with Gasteiger partial charge in [0.25, 0.3) is 5.91 Å². The number of carbonyl (C=O) groups is 2. The van der Waals surface area contributed by atoms with E-state index in [-0.39, 0.29) is 5.57 Å². The van der Waals surface area contributed by atoms with Crippen LogP contribution >= 0.6 is 22.7 Å². The van der Waals surface area contributed by atoms with Gasteiger partial charge in [-0.15, -0.1) is 22.7 Å². The molecule has 0 spiro atoms. The number of ketones is 1. The molecule has 1 aliphatic heterocycles. The maximum absolute atomic E-state index is 13.4. The molecule has 2 aromatic heterocycles. The van der Waals surface area contributed by atoms with Gasteiger partial charge in [-0.1, -0.05) is 12.1 Å². The lowest BCUT2D eigenvalue weighted by Gasteiger charge is -2.24. The molecule has 148 valence electrons. The molecule has 1 unspecified atom stereocenters. The second kappa shape index (κ2) is 7.41. The smallest absolute Gasteiger partial charge is 0.296 e. The average molecular weight is 428 g/mol. The number of ether oxygens (including phenoxy) is 1. The van der Waals surface area contributed by atoms with Crippen LogP contribution in [0.3, 0.4) is 0 Å². The molecule has 3 aromatic rings. The molecule has 0 radical (unpaired) electrons. The first-order valence-electron chi connectivity index (χ1n) is 8.71. The van der Waals surface area contributed by atoms with Gasteiger partial charge in [0.15, 0.2) is 10.9 Å². The van der Waals surface area contributed by atoms with Crippen molar-refractivity contribution in [2.75, 3.05) is 12.0 Å². The quantitative estimate of drug-likeness (QED) is 0.619. The van der Waals surface area contributed by atoms with Gasteiger partial charge in [-0.25, -0.2) is 9.97 Å². The van der Waals surface area contributed by atoms with Crippen LogP contribution in [0.2, 0.25) is 0 Å². The maximum Gasteiger partial charge on any atom is 0.296 e. The number of methoxy groups -OCH3 is 1. The van der Waals surface area contributed by atoms with Gasteiger partial charge in [0.05, 0.1) is 34.3 Å². The number of Topliss-reactive ketones (excluding diaryl/α,β-unsaturated/α-hetero) is 1. The molecule has 1 atom stereocenters. The highest BCUT2D eigenvalue weighted by Gasteiger charge is 2.46. The van der Waals surface area contributed by atoms with E-state index >= 15 is 0 Å². The molecule has 1 N–H and O–H groups in total. The lowest BCUT2D eigenvalue weighted by atomic mass is 9.95. The summed E-state index contributed by atoms with van der Waals surface area (Å²) >= 11 is 2.50. The van der Waals surface area contributed by atoms with Gasteiger partial charge >= 0.3 is 0 Å². The van der Waals surface area contributed by atoms with E-state index in [1.807, 2.05) is 6.92 Å². The monoisotopic (exact) mass is 427 g/mol. The number of hydrogen-bond donors (Lipinski definition) is 1. The number of carbonyl (C=O) groups excluding carboxylic acids is 2. The number of amides is 1. The van der Waals surface area contributed by atoms with Crippen LogP contribution in [0.25, 0.3) is 0 Å². The van der Waals surface area contributed by atoms with Crippen molar-refractivity contribution in [3.63, 3.8) is 0 Å². The molecule has 29 heavy (non-hydrogen) atoms. The molecule has 4 rings (SSSR count). The molecule has 1 amide bonds. The number of anilines is 1. The Morgan fingerprint density at radius 2 is 2.10 bits per heavy atom. The Labute approximate surface area is 174 Å². The predicted molar refractivity (Wildman–Crippen MR) is 111 cm³/mol. The minimum absolute atomic E-state index is 0.0187. The highest BCUT2D eigenvalue weighted by molar-refractivity contribution is 7.14. The number of benzene rings is 1. The van der Waals surface area contributed by atoms with Gasteiger partial charge < -0.3 is 9.84 Å². The Balaban J connectivity index is 1.90. The van der Waals surface area contributed by atoms with Crippen molar-refractivity contribution in [2.24, 2.45) is 0 Å². The van der Waals surface area contributed by atoms with Gasteiger partial charge in [-0.3, -0.25) is 14.5 Å². The number of hydrogen-bond acceptors (Lipinski definition) is 8. The molecular formula is C20H17N3O4S2. The largest absolute Gasteiger partial charge is 0.503 e. The summed E-state index contributed by atoms with van der Waals surface area (Å²) in [6, 6.07) is 6.26. The Hall–Kier alpha value is -3.04. The first kappa shape index (κ1) is 19.3. The molecule has 0 saturated carbocycles. The molecular weight excluding hydrogens is 410 g/mol. The summed E-state index contributed by atoms with van der Waals surface area (Å²) in [5.41, 5.74) is 1.23. The second-order valence-electron chi connectivity index (χ2n) is 6.41. The number of thiazole rings is 2. The number of aryl methyl sites for hydroxylation is 2. The van der Waals surface area contributed by atoms with E-state index in [2.05, 4.69) is 9.97 Å². The average Bonchev–Trinajstić information content (AvgIpc) is 3.41. The molecule has 0 bridgehead atoms. The summed E-state index contributed by atoms with van der Waals surface area (Å²) in [6.45, 7) is 3.55. The van der Waals surface area contributed by atoms with Gasteiger partial charge in [-0.2, -0.15) is 0 Å². The van der Waals surface area contributed by atoms with Crippen LogP contribution in [0.5, 0.6) is 5.75 Å². The molecule has 1 aromatic carbocycles. The summed E-state index contributed by atoms with van der Waals surface area (Å²) in [5.74, 6) is -1.05. The maximum atomic E-state index is 13.4. The topological polar surface area (TPSA) is 92.6 Å². The summed E-state index contributed by atoms with van der Waals surface area (Å²) < 4.78 is 5.31. The molecule has 9 heteroatoms. The van der Waals surface area contributed by atoms with E-state index < -0.39 is 23.5 Å². The SMILES string of the molecule is COc1cccc(C2C(C(=O)c3sc(C)nc3C)=C(O)C(=O)N2c2nccs2)c1. The van der Waals surface area contributed by atoms with Crippen LogP contribution < -0.4 is 9.64 Å². The lowest BCUT2D eigenvalue weighted by Crippen LogP contribution is -2.30. The third-order valence-electron chi connectivity index (χ3n) is 4.60. The standard InChI is InChI=1S/C20H17N3O4S2/c1-10-18(29-11(2)22-10)16(24)14-15(12-5-4-6-13(9-12)27-3)23(19(26)17(14)25)20-21-7-8-28-20/h4-9,15,25H,1-3H3. The predicted octanol–water partition coefficient (Wildman–Crippen LogP) is 4.01. The van der Waals surface area contributed by atoms with Gasteiger partial charge in [0.1, 0.15) is 5.75 Å². The van der Waals surface area contributed by atoms with E-state index in [1.54, 1.807) is 49.9 Å². The fourth-order valence-corrected chi connectivity index (χ4v) is 4.90. The number of aliphatic hydroxyl groups excluding tert-OH is 1. The first-order chi connectivity index (χ1) is 13.9. The number of aromatic nitrogens is 2. The van der Waals surface area contributed by atoms with Gasteiger partial charge in [0, 0.05) is 11.6 Å². The van der Waals surface area contributed by atoms with Crippen molar-refractivity contribution in [1.82, 2.24) is 9.97 Å². The molecule has 0 aliphatic carbocycles. The van der Waals surface area contributed by atoms with Crippen LogP contribution in [0.1, 0.15) is 32.0 Å². The zero-order valence-electron chi connectivity index (χ0n) is 15.9. The number of rotatable bonds is 5. The second-order valence-corrected chi connectivity index (χ2v) is 8.48. The lowest BCUT2D eigenvalue weighted by molar-refractivity contribution is -0.117. The van der Waals surface area contributed by atoms with E-state index in [0.29, 0.717) is 27.0 Å².